The zero-order valence-corrected chi connectivity index (χ0v) is 18.7. The third-order valence-electron chi connectivity index (χ3n) is 6.30. The molecule has 3 fully saturated rings. The smallest absolute Gasteiger partial charge is 0.311 e. The molecule has 7 nitrogen and oxygen atoms in total. The number of benzene rings is 1. The molecular weight excluding hydrogens is 450 g/mol. The molecule has 0 unspecified atom stereocenters. The van der Waals surface area contributed by atoms with Crippen LogP contribution in [-0.2, 0) is 9.53 Å². The summed E-state index contributed by atoms with van der Waals surface area (Å²) in [6, 6.07) is 7.19. The second-order valence-electron chi connectivity index (χ2n) is 7.91. The van der Waals surface area contributed by atoms with E-state index < -0.39 is 0 Å². The molecule has 2 atom stereocenters. The van der Waals surface area contributed by atoms with E-state index in [0.717, 1.165) is 31.4 Å². The summed E-state index contributed by atoms with van der Waals surface area (Å²) < 4.78 is 12.6. The molecule has 0 amide bonds. The summed E-state index contributed by atoms with van der Waals surface area (Å²) in [5.41, 5.74) is 0.455. The Morgan fingerprint density at radius 2 is 1.87 bits per heavy atom. The van der Waals surface area contributed by atoms with Crippen LogP contribution in [0.3, 0.4) is 0 Å². The van der Waals surface area contributed by atoms with Crippen molar-refractivity contribution in [3.8, 4) is 11.4 Å². The molecular formula is C22H26BrN3O4. The van der Waals surface area contributed by atoms with Gasteiger partial charge in [-0.3, -0.25) is 14.2 Å². The Labute approximate surface area is 183 Å². The summed E-state index contributed by atoms with van der Waals surface area (Å²) >= 11 is 3.42. The average molecular weight is 476 g/mol. The predicted molar refractivity (Wildman–Crippen MR) is 117 cm³/mol. The molecule has 3 saturated carbocycles. The highest BCUT2D eigenvalue weighted by Gasteiger charge is 2.48. The monoisotopic (exact) mass is 475 g/mol. The fourth-order valence-corrected chi connectivity index (χ4v) is 5.29. The van der Waals surface area contributed by atoms with Gasteiger partial charge in [-0.1, -0.05) is 0 Å². The number of rotatable bonds is 6. The number of anilines is 1. The van der Waals surface area contributed by atoms with Gasteiger partial charge in [0.05, 0.1) is 19.6 Å². The van der Waals surface area contributed by atoms with Gasteiger partial charge in [0.1, 0.15) is 10.4 Å². The van der Waals surface area contributed by atoms with Crippen LogP contribution >= 0.6 is 15.9 Å². The molecule has 1 heterocycles. The van der Waals surface area contributed by atoms with E-state index in [9.17, 15) is 9.59 Å². The van der Waals surface area contributed by atoms with Crippen LogP contribution in [0, 0.1) is 17.8 Å². The molecule has 30 heavy (non-hydrogen) atoms. The van der Waals surface area contributed by atoms with Crippen LogP contribution in [0.25, 0.3) is 5.69 Å². The summed E-state index contributed by atoms with van der Waals surface area (Å²) in [5.74, 6) is 1.16. The molecule has 160 valence electrons. The minimum absolute atomic E-state index is 0.145. The van der Waals surface area contributed by atoms with Crippen molar-refractivity contribution in [3.63, 3.8) is 0 Å². The normalized spacial score (nSPS) is 25.0. The second kappa shape index (κ2) is 8.79. The number of fused-ring (bicyclic) bond motifs is 3. The molecule has 0 aliphatic heterocycles. The molecule has 0 spiro atoms. The number of aromatic nitrogens is 2. The third kappa shape index (κ3) is 3.97. The minimum atomic E-state index is -0.257. The molecule has 3 aliphatic carbocycles. The quantitative estimate of drug-likeness (QED) is 0.640. The van der Waals surface area contributed by atoms with Crippen LogP contribution in [0.5, 0.6) is 5.75 Å². The van der Waals surface area contributed by atoms with Gasteiger partial charge in [0.15, 0.2) is 5.82 Å². The lowest BCUT2D eigenvalue weighted by molar-refractivity contribution is -0.152. The van der Waals surface area contributed by atoms with Crippen LogP contribution in [0.4, 0.5) is 5.82 Å². The summed E-state index contributed by atoms with van der Waals surface area (Å²) in [7, 11) is 1.43. The van der Waals surface area contributed by atoms with E-state index in [1.54, 1.807) is 10.8 Å². The zero-order valence-electron chi connectivity index (χ0n) is 17.1. The molecule has 1 aromatic carbocycles. The van der Waals surface area contributed by atoms with Crippen molar-refractivity contribution in [3.05, 3.63) is 45.4 Å². The predicted octanol–water partition coefficient (Wildman–Crippen LogP) is 3.78. The number of carbonyl (C=O) groups excluding carboxylic acids is 1. The number of hydrogen-bond donors (Lipinski definition) is 1. The van der Waals surface area contributed by atoms with E-state index in [2.05, 4.69) is 26.2 Å². The summed E-state index contributed by atoms with van der Waals surface area (Å²) in [4.78, 5) is 30.1. The van der Waals surface area contributed by atoms with Gasteiger partial charge in [0.2, 0.25) is 0 Å². The number of nitrogens with one attached hydrogen (secondary N) is 1. The first kappa shape index (κ1) is 20.9. The molecule has 1 N–H and O–H groups in total. The SMILES string of the molecule is CCOc1ccc(-n2cc(Br)nc(N[C@H]3C4CCC(CC4)[C@@H]3C(=O)OC)c2=O)cc1. The van der Waals surface area contributed by atoms with E-state index in [0.29, 0.717) is 28.7 Å². The number of ether oxygens (including phenoxy) is 2. The molecule has 2 bridgehead atoms. The standard InChI is InChI=1S/C22H26BrN3O4/c1-3-30-16-10-8-15(9-11-16)26-12-17(23)24-20(21(26)27)25-19-14-6-4-13(5-7-14)18(19)22(28)29-2/h8-14,18-19H,3-7H2,1-2H3,(H,24,25)/t13?,14?,18-,19-/m0/s1. The third-order valence-corrected chi connectivity index (χ3v) is 6.68. The molecule has 1 aromatic heterocycles. The molecule has 8 heteroatoms. The zero-order chi connectivity index (χ0) is 21.3. The van der Waals surface area contributed by atoms with Gasteiger partial charge in [0, 0.05) is 17.9 Å². The first-order chi connectivity index (χ1) is 14.5. The molecule has 2 aromatic rings. The largest absolute Gasteiger partial charge is 0.494 e. The second-order valence-corrected chi connectivity index (χ2v) is 8.72. The number of methoxy groups -OCH3 is 1. The fraction of sp³-hybridized carbons (Fsp3) is 0.500. The van der Waals surface area contributed by atoms with E-state index in [1.807, 2.05) is 31.2 Å². The van der Waals surface area contributed by atoms with Crippen molar-refractivity contribution >= 4 is 27.7 Å². The first-order valence-electron chi connectivity index (χ1n) is 10.4. The summed E-state index contributed by atoms with van der Waals surface area (Å²) in [6.45, 7) is 2.51. The lowest BCUT2D eigenvalue weighted by Crippen LogP contribution is -2.52. The minimum Gasteiger partial charge on any atom is -0.494 e. The van der Waals surface area contributed by atoms with Crippen LogP contribution < -0.4 is 15.6 Å². The Morgan fingerprint density at radius 1 is 1.20 bits per heavy atom. The maximum atomic E-state index is 13.2. The van der Waals surface area contributed by atoms with E-state index in [1.165, 1.54) is 7.11 Å². The summed E-state index contributed by atoms with van der Waals surface area (Å²) in [6.07, 6.45) is 5.82. The van der Waals surface area contributed by atoms with Gasteiger partial charge in [-0.25, -0.2) is 4.98 Å². The molecule has 5 rings (SSSR count). The highest BCUT2D eigenvalue weighted by atomic mass is 79.9. The lowest BCUT2D eigenvalue weighted by Gasteiger charge is -2.47. The topological polar surface area (TPSA) is 82.4 Å². The number of esters is 1. The van der Waals surface area contributed by atoms with E-state index in [4.69, 9.17) is 9.47 Å². The number of halogens is 1. The highest BCUT2D eigenvalue weighted by Crippen LogP contribution is 2.46. The number of carbonyl (C=O) groups is 1. The van der Waals surface area contributed by atoms with Gasteiger partial charge in [-0.2, -0.15) is 0 Å². The van der Waals surface area contributed by atoms with Crippen molar-refractivity contribution in [2.75, 3.05) is 19.0 Å². The Morgan fingerprint density at radius 3 is 2.50 bits per heavy atom. The van der Waals surface area contributed by atoms with Crippen molar-refractivity contribution in [2.24, 2.45) is 17.8 Å². The maximum Gasteiger partial charge on any atom is 0.311 e. The van der Waals surface area contributed by atoms with Gasteiger partial charge in [-0.15, -0.1) is 0 Å². The molecule has 0 saturated heterocycles. The highest BCUT2D eigenvalue weighted by molar-refractivity contribution is 9.10. The van der Waals surface area contributed by atoms with Crippen LogP contribution in [0.15, 0.2) is 39.9 Å². The Kier molecular flexibility index (Phi) is 6.13. The summed E-state index contributed by atoms with van der Waals surface area (Å²) in [5, 5.41) is 3.33. The van der Waals surface area contributed by atoms with Gasteiger partial charge >= 0.3 is 5.97 Å². The van der Waals surface area contributed by atoms with Crippen LogP contribution in [0.2, 0.25) is 0 Å². The van der Waals surface area contributed by atoms with Gasteiger partial charge < -0.3 is 14.8 Å². The maximum absolute atomic E-state index is 13.2. The average Bonchev–Trinajstić information content (AvgIpc) is 2.77. The van der Waals surface area contributed by atoms with Crippen molar-refractivity contribution in [1.29, 1.82) is 0 Å². The van der Waals surface area contributed by atoms with Crippen LogP contribution in [0.1, 0.15) is 32.6 Å². The molecule has 3 aliphatic rings. The Hall–Kier alpha value is -2.35. The Balaban J connectivity index is 1.66. The van der Waals surface area contributed by atoms with Gasteiger partial charge in [-0.05, 0) is 84.6 Å². The van der Waals surface area contributed by atoms with Crippen LogP contribution in [-0.4, -0.2) is 35.3 Å². The van der Waals surface area contributed by atoms with Crippen molar-refractivity contribution in [1.82, 2.24) is 9.55 Å². The van der Waals surface area contributed by atoms with Crippen molar-refractivity contribution < 1.29 is 14.3 Å². The van der Waals surface area contributed by atoms with Crippen molar-refractivity contribution in [2.45, 2.75) is 38.6 Å². The number of hydrogen-bond acceptors (Lipinski definition) is 6. The Bertz CT molecular complexity index is 967. The number of nitrogens with zero attached hydrogens (tertiary/aromatic N) is 2. The van der Waals surface area contributed by atoms with E-state index >= 15 is 0 Å². The first-order valence-corrected chi connectivity index (χ1v) is 11.2. The van der Waals surface area contributed by atoms with Gasteiger partial charge in [0.25, 0.3) is 5.56 Å². The van der Waals surface area contributed by atoms with E-state index in [-0.39, 0.29) is 29.3 Å². The lowest BCUT2D eigenvalue weighted by atomic mass is 9.61. The fourth-order valence-electron chi connectivity index (χ4n) is 4.91. The molecule has 0 radical (unpaired) electrons.